The molecule has 248 valence electrons. The number of hydrogen-bond donors (Lipinski definition) is 1. The summed E-state index contributed by atoms with van der Waals surface area (Å²) in [7, 11) is -3.99. The van der Waals surface area contributed by atoms with E-state index in [1.807, 2.05) is 16.8 Å². The molecule has 3 rings (SSSR count). The molecule has 15 heteroatoms. The van der Waals surface area contributed by atoms with Crippen molar-refractivity contribution in [2.45, 2.75) is 92.9 Å². The summed E-state index contributed by atoms with van der Waals surface area (Å²) in [6.07, 6.45) is 5.44. The quantitative estimate of drug-likeness (QED) is 0.0674. The molecule has 2 atom stereocenters. The van der Waals surface area contributed by atoms with E-state index in [0.29, 0.717) is 24.3 Å². The highest BCUT2D eigenvalue weighted by Crippen LogP contribution is 2.48. The van der Waals surface area contributed by atoms with E-state index in [4.69, 9.17) is 39.6 Å². The summed E-state index contributed by atoms with van der Waals surface area (Å²) in [5, 5.41) is 4.35. The van der Waals surface area contributed by atoms with Crippen LogP contribution in [0, 0.1) is 10.8 Å². The van der Waals surface area contributed by atoms with Crippen LogP contribution >= 0.6 is 19.2 Å². The van der Waals surface area contributed by atoms with E-state index in [2.05, 4.69) is 22.2 Å². The number of unbranched alkanes of at least 4 members (excludes halogenated alkanes) is 2. The van der Waals surface area contributed by atoms with Crippen LogP contribution in [0.15, 0.2) is 12.3 Å². The molecule has 1 aliphatic rings. The molecule has 0 unspecified atom stereocenters. The van der Waals surface area contributed by atoms with Crippen molar-refractivity contribution in [3.63, 3.8) is 0 Å². The highest BCUT2D eigenvalue weighted by Gasteiger charge is 2.33. The minimum atomic E-state index is -3.99. The van der Waals surface area contributed by atoms with Gasteiger partial charge in [0.1, 0.15) is 24.0 Å². The van der Waals surface area contributed by atoms with Gasteiger partial charge in [0.2, 0.25) is 18.9 Å². The molecule has 2 aromatic rings. The van der Waals surface area contributed by atoms with Crippen LogP contribution in [0.3, 0.4) is 0 Å². The number of nitrogens with one attached hydrogen (secondary N) is 1. The third-order valence-electron chi connectivity index (χ3n) is 6.67. The second-order valence-corrected chi connectivity index (χ2v) is 15.0. The summed E-state index contributed by atoms with van der Waals surface area (Å²) >= 11 is 6.25. The van der Waals surface area contributed by atoms with Gasteiger partial charge in [0.25, 0.3) is 0 Å². The van der Waals surface area contributed by atoms with Gasteiger partial charge in [-0.25, -0.2) is 4.98 Å². The molecular weight excluding hydrogens is 615 g/mol. The summed E-state index contributed by atoms with van der Waals surface area (Å²) in [6.45, 7) is 11.9. The summed E-state index contributed by atoms with van der Waals surface area (Å²) in [5.74, 6) is -0.402. The molecule has 0 aromatic carbocycles. The van der Waals surface area contributed by atoms with Gasteiger partial charge in [-0.05, 0) is 78.5 Å². The van der Waals surface area contributed by atoms with Crippen LogP contribution < -0.4 is 5.32 Å². The Bertz CT molecular complexity index is 1270. The maximum atomic E-state index is 13.4. The predicted octanol–water partition coefficient (Wildman–Crippen LogP) is 6.66. The third-order valence-corrected chi connectivity index (χ3v) is 8.33. The fourth-order valence-electron chi connectivity index (χ4n) is 4.13. The van der Waals surface area contributed by atoms with Gasteiger partial charge < -0.3 is 28.8 Å². The van der Waals surface area contributed by atoms with E-state index in [0.717, 1.165) is 31.2 Å². The van der Waals surface area contributed by atoms with E-state index < -0.39 is 50.3 Å². The smallest absolute Gasteiger partial charge is 0.361 e. The molecule has 0 spiro atoms. The van der Waals surface area contributed by atoms with E-state index >= 15 is 0 Å². The van der Waals surface area contributed by atoms with Crippen LogP contribution in [-0.4, -0.2) is 65.7 Å². The van der Waals surface area contributed by atoms with Crippen LogP contribution in [0.5, 0.6) is 0 Å². The third kappa shape index (κ3) is 10.7. The molecular formula is C29H46ClN4O9P. The number of fused-ring (bicyclic) bond motifs is 1. The zero-order valence-corrected chi connectivity index (χ0v) is 28.4. The lowest BCUT2D eigenvalue weighted by Crippen LogP contribution is -2.25. The molecule has 1 aliphatic heterocycles. The maximum Gasteiger partial charge on any atom is 0.361 e. The lowest BCUT2D eigenvalue weighted by Gasteiger charge is -2.22. The van der Waals surface area contributed by atoms with Crippen molar-refractivity contribution in [2.24, 2.45) is 10.8 Å². The first kappa shape index (κ1) is 36.2. The number of aromatic nitrogens is 3. The number of hydrogen-bond acceptors (Lipinski definition) is 12. The second-order valence-electron chi connectivity index (χ2n) is 12.7. The fourth-order valence-corrected chi connectivity index (χ4v) is 5.27. The zero-order valence-electron chi connectivity index (χ0n) is 26.7. The SMILES string of the molecule is CCCCCNc1nc(Cl)nc2c1ccn2[C@H]1CC[C@@H](COCP(=O)(OCOC(=O)C(C)(C)C)OCOC(=O)C(C)(C)C)O1. The Morgan fingerprint density at radius 3 is 2.27 bits per heavy atom. The molecule has 0 amide bonds. The zero-order chi connectivity index (χ0) is 32.5. The van der Waals surface area contributed by atoms with Gasteiger partial charge in [-0.2, -0.15) is 4.98 Å². The van der Waals surface area contributed by atoms with Gasteiger partial charge in [0.05, 0.1) is 28.9 Å². The van der Waals surface area contributed by atoms with Crippen molar-refractivity contribution in [1.29, 1.82) is 0 Å². The highest BCUT2D eigenvalue weighted by atomic mass is 35.5. The first-order valence-corrected chi connectivity index (χ1v) is 17.0. The molecule has 1 saturated heterocycles. The Morgan fingerprint density at radius 2 is 1.68 bits per heavy atom. The molecule has 0 radical (unpaired) electrons. The summed E-state index contributed by atoms with van der Waals surface area (Å²) in [4.78, 5) is 33.0. The Hall–Kier alpha value is -2.28. The molecule has 0 aliphatic carbocycles. The van der Waals surface area contributed by atoms with Crippen molar-refractivity contribution in [1.82, 2.24) is 14.5 Å². The van der Waals surface area contributed by atoms with Crippen LogP contribution in [0.4, 0.5) is 5.82 Å². The van der Waals surface area contributed by atoms with Crippen molar-refractivity contribution >= 4 is 48.0 Å². The molecule has 0 saturated carbocycles. The van der Waals surface area contributed by atoms with Gasteiger partial charge in [0.15, 0.2) is 0 Å². The van der Waals surface area contributed by atoms with Crippen LogP contribution in [0.1, 0.15) is 86.8 Å². The Morgan fingerprint density at radius 1 is 1.05 bits per heavy atom. The maximum absolute atomic E-state index is 13.4. The molecule has 3 heterocycles. The van der Waals surface area contributed by atoms with Gasteiger partial charge in [-0.15, -0.1) is 0 Å². The molecule has 1 N–H and O–H groups in total. The van der Waals surface area contributed by atoms with Crippen LogP contribution in [0.2, 0.25) is 5.28 Å². The Balaban J connectivity index is 1.58. The standard InChI is InChI=1S/C29H46ClN4O9P/c1-8-9-10-14-31-23-21-13-15-34(24(21)33-27(30)32-23)22-12-11-20(43-22)16-38-19-44(37,41-17-39-25(35)28(2,3)4)42-18-40-26(36)29(5,6)7/h13,15,20,22H,8-12,14,16-19H2,1-7H3,(H,31,32,33)/t20-,22+/m0/s1. The van der Waals surface area contributed by atoms with E-state index in [1.54, 1.807) is 41.5 Å². The minimum absolute atomic E-state index is 0.0932. The topological polar surface area (TPSA) is 149 Å². The predicted molar refractivity (Wildman–Crippen MR) is 165 cm³/mol. The highest BCUT2D eigenvalue weighted by molar-refractivity contribution is 7.53. The van der Waals surface area contributed by atoms with Crippen molar-refractivity contribution in [3.8, 4) is 0 Å². The van der Waals surface area contributed by atoms with Crippen molar-refractivity contribution in [2.75, 3.05) is 38.4 Å². The first-order chi connectivity index (χ1) is 20.6. The minimum Gasteiger partial charge on any atom is -0.438 e. The number of anilines is 1. The number of ether oxygens (including phenoxy) is 4. The average Bonchev–Trinajstić information content (AvgIpc) is 3.57. The number of carbonyl (C=O) groups excluding carboxylic acids is 2. The molecule has 1 fully saturated rings. The van der Waals surface area contributed by atoms with E-state index in [9.17, 15) is 14.2 Å². The number of carbonyl (C=O) groups is 2. The summed E-state index contributed by atoms with van der Waals surface area (Å²) in [5.41, 5.74) is -0.896. The largest absolute Gasteiger partial charge is 0.438 e. The number of nitrogens with zero attached hydrogens (tertiary/aromatic N) is 3. The first-order valence-electron chi connectivity index (χ1n) is 14.9. The number of halogens is 1. The monoisotopic (exact) mass is 660 g/mol. The average molecular weight is 661 g/mol. The van der Waals surface area contributed by atoms with Gasteiger partial charge in [-0.1, -0.05) is 19.8 Å². The van der Waals surface area contributed by atoms with Crippen molar-refractivity contribution < 1.29 is 42.1 Å². The normalized spacial score (nSPS) is 17.6. The molecule has 44 heavy (non-hydrogen) atoms. The summed E-state index contributed by atoms with van der Waals surface area (Å²) < 4.78 is 48.0. The Kier molecular flexibility index (Phi) is 13.0. The molecule has 13 nitrogen and oxygen atoms in total. The number of esters is 2. The van der Waals surface area contributed by atoms with Gasteiger partial charge >= 0.3 is 19.5 Å². The lowest BCUT2D eigenvalue weighted by molar-refractivity contribution is -0.162. The Labute approximate surface area is 264 Å². The molecule has 2 aromatic heterocycles. The van der Waals surface area contributed by atoms with E-state index in [1.165, 1.54) is 0 Å². The summed E-state index contributed by atoms with van der Waals surface area (Å²) in [6, 6.07) is 1.94. The lowest BCUT2D eigenvalue weighted by atomic mass is 9.98. The molecule has 0 bridgehead atoms. The van der Waals surface area contributed by atoms with Crippen molar-refractivity contribution in [3.05, 3.63) is 17.5 Å². The second kappa shape index (κ2) is 15.8. The van der Waals surface area contributed by atoms with E-state index in [-0.39, 0.29) is 24.2 Å². The van der Waals surface area contributed by atoms with Gasteiger partial charge in [-0.3, -0.25) is 23.2 Å². The van der Waals surface area contributed by atoms with Gasteiger partial charge in [0, 0.05) is 12.7 Å². The van der Waals surface area contributed by atoms with Crippen LogP contribution in [0.25, 0.3) is 11.0 Å². The number of rotatable bonds is 16. The van der Waals surface area contributed by atoms with Crippen LogP contribution in [-0.2, 0) is 42.1 Å². The fraction of sp³-hybridized carbons (Fsp3) is 0.724.